The van der Waals surface area contributed by atoms with Gasteiger partial charge in [0.2, 0.25) is 0 Å². The largest absolute Gasteiger partial charge is 0.316 e. The summed E-state index contributed by atoms with van der Waals surface area (Å²) in [5.41, 5.74) is 0.748. The topological polar surface area (TPSA) is 12.0 Å². The maximum Gasteiger partial charge on any atom is 0.000814 e. The van der Waals surface area contributed by atoms with Crippen molar-refractivity contribution < 1.29 is 0 Å². The van der Waals surface area contributed by atoms with E-state index >= 15 is 0 Å². The number of hydrogen-bond donors (Lipinski definition) is 1. The average molecular weight is 193 g/mol. The zero-order valence-electron chi connectivity index (χ0n) is 9.23. The summed E-state index contributed by atoms with van der Waals surface area (Å²) in [6, 6.07) is 0. The lowest BCUT2D eigenvalue weighted by molar-refractivity contribution is 0.179. The fraction of sp³-hybridized carbons (Fsp3) is 1.00. The molecule has 3 aliphatic rings. The van der Waals surface area contributed by atoms with Gasteiger partial charge < -0.3 is 5.32 Å². The minimum Gasteiger partial charge on any atom is -0.316 e. The molecule has 1 nitrogen and oxygen atoms in total. The fourth-order valence-corrected chi connectivity index (χ4v) is 4.29. The van der Waals surface area contributed by atoms with Crippen molar-refractivity contribution in [2.24, 2.45) is 17.3 Å². The summed E-state index contributed by atoms with van der Waals surface area (Å²) in [5, 5.41) is 3.66. The van der Waals surface area contributed by atoms with Crippen LogP contribution >= 0.6 is 0 Å². The summed E-state index contributed by atoms with van der Waals surface area (Å²) >= 11 is 0. The van der Waals surface area contributed by atoms with Gasteiger partial charge in [-0.3, -0.25) is 0 Å². The third kappa shape index (κ3) is 1.60. The third-order valence-corrected chi connectivity index (χ3v) is 4.93. The van der Waals surface area contributed by atoms with Crippen molar-refractivity contribution in [1.82, 2.24) is 5.32 Å². The van der Waals surface area contributed by atoms with Gasteiger partial charge in [0, 0.05) is 6.54 Å². The molecule has 1 heteroatoms. The van der Waals surface area contributed by atoms with Gasteiger partial charge in [-0.2, -0.15) is 0 Å². The first-order valence-electron chi connectivity index (χ1n) is 6.57. The average Bonchev–Trinajstić information content (AvgIpc) is 2.76. The van der Waals surface area contributed by atoms with E-state index in [1.54, 1.807) is 12.8 Å². The number of fused-ring (bicyclic) bond motifs is 2. The molecule has 0 spiro atoms. The van der Waals surface area contributed by atoms with Crippen molar-refractivity contribution in [2.45, 2.75) is 51.4 Å². The first kappa shape index (κ1) is 9.21. The Kier molecular flexibility index (Phi) is 2.31. The monoisotopic (exact) mass is 193 g/mol. The molecule has 14 heavy (non-hydrogen) atoms. The second-order valence-corrected chi connectivity index (χ2v) is 6.09. The van der Waals surface area contributed by atoms with Gasteiger partial charge in [0.15, 0.2) is 0 Å². The molecule has 2 bridgehead atoms. The van der Waals surface area contributed by atoms with Crippen molar-refractivity contribution in [2.75, 3.05) is 13.1 Å². The van der Waals surface area contributed by atoms with Crippen LogP contribution in [0.1, 0.15) is 51.4 Å². The summed E-state index contributed by atoms with van der Waals surface area (Å²) < 4.78 is 0. The van der Waals surface area contributed by atoms with Crippen LogP contribution < -0.4 is 5.32 Å². The number of nitrogens with one attached hydrogen (secondary N) is 1. The van der Waals surface area contributed by atoms with Crippen LogP contribution in [0.3, 0.4) is 0 Å². The smallest absolute Gasteiger partial charge is 0.000814 e. The summed E-state index contributed by atoms with van der Waals surface area (Å²) in [6.07, 6.45) is 12.2. The summed E-state index contributed by atoms with van der Waals surface area (Å²) in [5.74, 6) is 2.12. The van der Waals surface area contributed by atoms with Gasteiger partial charge in [-0.15, -0.1) is 0 Å². The summed E-state index contributed by atoms with van der Waals surface area (Å²) in [4.78, 5) is 0. The molecule has 0 aromatic carbocycles. The van der Waals surface area contributed by atoms with Crippen LogP contribution in [-0.2, 0) is 0 Å². The molecule has 80 valence electrons. The second-order valence-electron chi connectivity index (χ2n) is 6.09. The predicted octanol–water partition coefficient (Wildman–Crippen LogP) is 2.96. The second kappa shape index (κ2) is 3.52. The van der Waals surface area contributed by atoms with Crippen molar-refractivity contribution in [3.05, 3.63) is 0 Å². The molecule has 1 heterocycles. The Hall–Kier alpha value is -0.0400. The number of piperidine rings is 1. The highest BCUT2D eigenvalue weighted by molar-refractivity contribution is 4.96. The van der Waals surface area contributed by atoms with Gasteiger partial charge in [0.05, 0.1) is 0 Å². The van der Waals surface area contributed by atoms with E-state index in [4.69, 9.17) is 0 Å². The maximum absolute atomic E-state index is 3.66. The first-order chi connectivity index (χ1) is 6.86. The van der Waals surface area contributed by atoms with Crippen molar-refractivity contribution >= 4 is 0 Å². The van der Waals surface area contributed by atoms with Gasteiger partial charge in [-0.05, 0) is 49.5 Å². The lowest BCUT2D eigenvalue weighted by Crippen LogP contribution is -2.40. The zero-order valence-corrected chi connectivity index (χ0v) is 9.23. The standard InChI is InChI=1S/C13H23N/c1-2-4-11(3-1)7-13-6-5-12(8-13)9-14-10-13/h11-12,14H,1-10H2. The van der Waals surface area contributed by atoms with Gasteiger partial charge in [-0.25, -0.2) is 0 Å². The minimum atomic E-state index is 0.748. The zero-order chi connectivity index (χ0) is 9.43. The van der Waals surface area contributed by atoms with Gasteiger partial charge in [-0.1, -0.05) is 25.7 Å². The summed E-state index contributed by atoms with van der Waals surface area (Å²) in [7, 11) is 0. The Labute approximate surface area is 87.7 Å². The highest BCUT2D eigenvalue weighted by Gasteiger charge is 2.43. The van der Waals surface area contributed by atoms with E-state index in [-0.39, 0.29) is 0 Å². The molecule has 1 N–H and O–H groups in total. The molecule has 2 unspecified atom stereocenters. The molecular formula is C13H23N. The molecule has 2 atom stereocenters. The van der Waals surface area contributed by atoms with Crippen LogP contribution in [-0.4, -0.2) is 13.1 Å². The Morgan fingerprint density at radius 2 is 2.00 bits per heavy atom. The fourth-order valence-electron chi connectivity index (χ4n) is 4.29. The van der Waals surface area contributed by atoms with Crippen LogP contribution in [0.4, 0.5) is 0 Å². The van der Waals surface area contributed by atoms with E-state index in [0.717, 1.165) is 17.3 Å². The number of rotatable bonds is 2. The van der Waals surface area contributed by atoms with E-state index in [1.165, 1.54) is 51.6 Å². The molecule has 2 saturated carbocycles. The Balaban J connectivity index is 1.64. The van der Waals surface area contributed by atoms with Gasteiger partial charge in [0.1, 0.15) is 0 Å². The van der Waals surface area contributed by atoms with Crippen LogP contribution in [0, 0.1) is 17.3 Å². The molecule has 1 saturated heterocycles. The third-order valence-electron chi connectivity index (χ3n) is 4.93. The molecule has 0 radical (unpaired) electrons. The van der Waals surface area contributed by atoms with E-state index in [9.17, 15) is 0 Å². The van der Waals surface area contributed by atoms with E-state index < -0.39 is 0 Å². The highest BCUT2D eigenvalue weighted by Crippen LogP contribution is 2.49. The van der Waals surface area contributed by atoms with Crippen LogP contribution in [0.15, 0.2) is 0 Å². The van der Waals surface area contributed by atoms with E-state index in [1.807, 2.05) is 0 Å². The number of hydrogen-bond acceptors (Lipinski definition) is 1. The van der Waals surface area contributed by atoms with Crippen LogP contribution in [0.2, 0.25) is 0 Å². The molecule has 1 aliphatic heterocycles. The lowest BCUT2D eigenvalue weighted by atomic mass is 9.75. The molecule has 0 amide bonds. The molecular weight excluding hydrogens is 170 g/mol. The molecule has 3 rings (SSSR count). The molecule has 0 aromatic rings. The van der Waals surface area contributed by atoms with Crippen molar-refractivity contribution in [3.8, 4) is 0 Å². The quantitative estimate of drug-likeness (QED) is 0.711. The normalized spacial score (nSPS) is 43.3. The summed E-state index contributed by atoms with van der Waals surface area (Å²) in [6.45, 7) is 2.65. The van der Waals surface area contributed by atoms with Crippen LogP contribution in [0.25, 0.3) is 0 Å². The predicted molar refractivity (Wildman–Crippen MR) is 59.2 cm³/mol. The Morgan fingerprint density at radius 3 is 2.86 bits per heavy atom. The molecule has 0 aromatic heterocycles. The molecule has 3 fully saturated rings. The van der Waals surface area contributed by atoms with E-state index in [2.05, 4.69) is 5.32 Å². The minimum absolute atomic E-state index is 0.748. The van der Waals surface area contributed by atoms with Crippen molar-refractivity contribution in [3.63, 3.8) is 0 Å². The SMILES string of the molecule is C1CCC(CC23CCC(CNC2)C3)C1. The molecule has 2 aliphatic carbocycles. The van der Waals surface area contributed by atoms with E-state index in [0.29, 0.717) is 0 Å². The van der Waals surface area contributed by atoms with Gasteiger partial charge in [0.25, 0.3) is 0 Å². The first-order valence-corrected chi connectivity index (χ1v) is 6.57. The van der Waals surface area contributed by atoms with Crippen LogP contribution in [0.5, 0.6) is 0 Å². The lowest BCUT2D eigenvalue weighted by Gasteiger charge is -2.36. The van der Waals surface area contributed by atoms with Gasteiger partial charge >= 0.3 is 0 Å². The Morgan fingerprint density at radius 1 is 1.14 bits per heavy atom. The maximum atomic E-state index is 3.66. The van der Waals surface area contributed by atoms with Crippen molar-refractivity contribution in [1.29, 1.82) is 0 Å². The highest BCUT2D eigenvalue weighted by atomic mass is 14.9. The Bertz CT molecular complexity index is 203.